The molecule has 0 saturated carbocycles. The number of aromatic carboxylic acids is 1. The fourth-order valence-corrected chi connectivity index (χ4v) is 2.52. The number of nitrogens with zero attached hydrogens (tertiary/aromatic N) is 1. The van der Waals surface area contributed by atoms with Crippen LogP contribution in [0.4, 0.5) is 0 Å². The average molecular weight is 303 g/mol. The number of benzene rings is 1. The van der Waals surface area contributed by atoms with Gasteiger partial charge in [-0.25, -0.2) is 4.79 Å². The van der Waals surface area contributed by atoms with Gasteiger partial charge in [-0.05, 0) is 46.2 Å². The summed E-state index contributed by atoms with van der Waals surface area (Å²) in [6.45, 7) is 9.51. The van der Waals surface area contributed by atoms with E-state index < -0.39 is 11.4 Å². The maximum absolute atomic E-state index is 12.6. The first-order valence-corrected chi connectivity index (χ1v) is 7.32. The molecule has 0 atom stereocenters. The van der Waals surface area contributed by atoms with Gasteiger partial charge in [0.15, 0.2) is 0 Å². The molecule has 5 heteroatoms. The van der Waals surface area contributed by atoms with Crippen LogP contribution in [0.5, 0.6) is 5.75 Å². The lowest BCUT2D eigenvalue weighted by atomic mass is 10.0. The summed E-state index contributed by atoms with van der Waals surface area (Å²) in [7, 11) is 0. The van der Waals surface area contributed by atoms with Crippen LogP contribution >= 0.6 is 0 Å². The Kier molecular flexibility index (Phi) is 4.26. The van der Waals surface area contributed by atoms with Crippen LogP contribution in [0, 0.1) is 6.92 Å². The number of aromatic nitrogens is 1. The minimum absolute atomic E-state index is 0.00230. The lowest BCUT2D eigenvalue weighted by Gasteiger charge is -2.21. The zero-order valence-corrected chi connectivity index (χ0v) is 13.5. The number of rotatable bonds is 4. The smallest absolute Gasteiger partial charge is 0.341 e. The molecule has 0 saturated heterocycles. The standard InChI is InChI=1S/C17H21NO4/c1-9(2)18-8-12(17(20)21)16(19)14-11(5)6-7-13(15(14)18)22-10(3)4/h6-10H,1-5H3,(H,20,21). The van der Waals surface area contributed by atoms with Gasteiger partial charge in [0.05, 0.1) is 17.0 Å². The molecule has 0 aliphatic rings. The minimum atomic E-state index is -1.21. The quantitative estimate of drug-likeness (QED) is 0.940. The van der Waals surface area contributed by atoms with Crippen LogP contribution < -0.4 is 10.2 Å². The highest BCUT2D eigenvalue weighted by atomic mass is 16.5. The predicted molar refractivity (Wildman–Crippen MR) is 86.1 cm³/mol. The van der Waals surface area contributed by atoms with Crippen molar-refractivity contribution in [1.29, 1.82) is 0 Å². The maximum atomic E-state index is 12.6. The summed E-state index contributed by atoms with van der Waals surface area (Å²) < 4.78 is 7.62. The molecule has 0 spiro atoms. The van der Waals surface area contributed by atoms with E-state index in [1.54, 1.807) is 17.6 Å². The summed E-state index contributed by atoms with van der Waals surface area (Å²) in [6.07, 6.45) is 1.37. The van der Waals surface area contributed by atoms with E-state index in [-0.39, 0.29) is 17.7 Å². The SMILES string of the molecule is Cc1ccc(OC(C)C)c2c1c(=O)c(C(=O)O)cn2C(C)C. The number of carboxylic acid groups (broad SMARTS) is 1. The van der Waals surface area contributed by atoms with Gasteiger partial charge in [0, 0.05) is 12.2 Å². The van der Waals surface area contributed by atoms with Gasteiger partial charge in [-0.15, -0.1) is 0 Å². The Labute approximate surface area is 129 Å². The first-order chi connectivity index (χ1) is 10.2. The monoisotopic (exact) mass is 303 g/mol. The molecule has 0 radical (unpaired) electrons. The molecule has 1 aromatic heterocycles. The molecule has 5 nitrogen and oxygen atoms in total. The molecular weight excluding hydrogens is 282 g/mol. The average Bonchev–Trinajstić information content (AvgIpc) is 2.40. The van der Waals surface area contributed by atoms with E-state index >= 15 is 0 Å². The molecule has 0 fully saturated rings. The van der Waals surface area contributed by atoms with Crippen LogP contribution in [-0.2, 0) is 0 Å². The molecule has 0 bridgehead atoms. The van der Waals surface area contributed by atoms with Gasteiger partial charge in [0.2, 0.25) is 5.43 Å². The Bertz CT molecular complexity index is 787. The van der Waals surface area contributed by atoms with Gasteiger partial charge in [-0.2, -0.15) is 0 Å². The van der Waals surface area contributed by atoms with E-state index in [4.69, 9.17) is 4.74 Å². The Hall–Kier alpha value is -2.30. The van der Waals surface area contributed by atoms with Crippen LogP contribution in [0.25, 0.3) is 10.9 Å². The number of hydrogen-bond acceptors (Lipinski definition) is 3. The maximum Gasteiger partial charge on any atom is 0.341 e. The highest BCUT2D eigenvalue weighted by Crippen LogP contribution is 2.29. The van der Waals surface area contributed by atoms with Crippen LogP contribution in [0.1, 0.15) is 49.7 Å². The van der Waals surface area contributed by atoms with E-state index in [0.717, 1.165) is 5.56 Å². The van der Waals surface area contributed by atoms with Gasteiger partial charge in [-0.3, -0.25) is 4.79 Å². The first kappa shape index (κ1) is 16.1. The largest absolute Gasteiger partial charge is 0.489 e. The van der Waals surface area contributed by atoms with Crippen molar-refractivity contribution in [3.05, 3.63) is 39.7 Å². The van der Waals surface area contributed by atoms with Crippen molar-refractivity contribution in [1.82, 2.24) is 4.57 Å². The normalized spacial score (nSPS) is 11.4. The first-order valence-electron chi connectivity index (χ1n) is 7.32. The molecule has 0 unspecified atom stereocenters. The van der Waals surface area contributed by atoms with Crippen molar-refractivity contribution in [3.63, 3.8) is 0 Å². The number of ether oxygens (including phenoxy) is 1. The summed E-state index contributed by atoms with van der Waals surface area (Å²) in [5.41, 5.74) is 0.712. The third-order valence-electron chi connectivity index (χ3n) is 3.50. The molecule has 0 aliphatic carbocycles. The number of hydrogen-bond donors (Lipinski definition) is 1. The van der Waals surface area contributed by atoms with E-state index in [1.807, 2.05) is 33.8 Å². The fraction of sp³-hybridized carbons (Fsp3) is 0.412. The Morgan fingerprint density at radius 1 is 1.23 bits per heavy atom. The van der Waals surface area contributed by atoms with Gasteiger partial charge >= 0.3 is 5.97 Å². The molecule has 118 valence electrons. The molecule has 1 heterocycles. The van der Waals surface area contributed by atoms with Crippen LogP contribution in [0.3, 0.4) is 0 Å². The second-order valence-corrected chi connectivity index (χ2v) is 5.95. The van der Waals surface area contributed by atoms with Crippen molar-refractivity contribution in [2.75, 3.05) is 0 Å². The molecule has 2 aromatic rings. The summed E-state index contributed by atoms with van der Waals surface area (Å²) >= 11 is 0. The van der Waals surface area contributed by atoms with Crippen molar-refractivity contribution in [2.45, 2.75) is 46.8 Å². The highest BCUT2D eigenvalue weighted by Gasteiger charge is 2.20. The molecule has 0 amide bonds. The summed E-state index contributed by atoms with van der Waals surface area (Å²) in [5, 5.41) is 9.70. The molecule has 2 rings (SSSR count). The zero-order chi connectivity index (χ0) is 16.6. The Morgan fingerprint density at radius 3 is 2.36 bits per heavy atom. The number of carboxylic acids is 1. The van der Waals surface area contributed by atoms with Crippen molar-refractivity contribution >= 4 is 16.9 Å². The lowest BCUT2D eigenvalue weighted by molar-refractivity contribution is 0.0694. The lowest BCUT2D eigenvalue weighted by Crippen LogP contribution is -2.21. The van der Waals surface area contributed by atoms with Crippen molar-refractivity contribution in [3.8, 4) is 5.75 Å². The number of aryl methyl sites for hydroxylation is 1. The van der Waals surface area contributed by atoms with Crippen LogP contribution in [-0.4, -0.2) is 21.7 Å². The molecule has 22 heavy (non-hydrogen) atoms. The van der Waals surface area contributed by atoms with Gasteiger partial charge in [-0.1, -0.05) is 6.07 Å². The van der Waals surface area contributed by atoms with Gasteiger partial charge in [0.1, 0.15) is 11.3 Å². The summed E-state index contributed by atoms with van der Waals surface area (Å²) in [4.78, 5) is 23.9. The van der Waals surface area contributed by atoms with E-state index in [0.29, 0.717) is 16.7 Å². The molecule has 0 aliphatic heterocycles. The molecular formula is C17H21NO4. The summed E-state index contributed by atoms with van der Waals surface area (Å²) in [6, 6.07) is 3.62. The fourth-order valence-electron chi connectivity index (χ4n) is 2.52. The van der Waals surface area contributed by atoms with Crippen LogP contribution in [0.15, 0.2) is 23.1 Å². The Balaban J connectivity index is 3.00. The highest BCUT2D eigenvalue weighted by molar-refractivity contribution is 5.95. The summed E-state index contributed by atoms with van der Waals surface area (Å²) in [5.74, 6) is -0.616. The predicted octanol–water partition coefficient (Wildman–Crippen LogP) is 3.38. The zero-order valence-electron chi connectivity index (χ0n) is 13.5. The van der Waals surface area contributed by atoms with E-state index in [1.165, 1.54) is 6.20 Å². The topological polar surface area (TPSA) is 68.5 Å². The third kappa shape index (κ3) is 2.71. The second kappa shape index (κ2) is 5.83. The number of pyridine rings is 1. The van der Waals surface area contributed by atoms with Crippen LogP contribution in [0.2, 0.25) is 0 Å². The van der Waals surface area contributed by atoms with Crippen molar-refractivity contribution in [2.24, 2.45) is 0 Å². The van der Waals surface area contributed by atoms with Crippen molar-refractivity contribution < 1.29 is 14.6 Å². The molecule has 1 N–H and O–H groups in total. The van der Waals surface area contributed by atoms with E-state index in [9.17, 15) is 14.7 Å². The van der Waals surface area contributed by atoms with E-state index in [2.05, 4.69) is 0 Å². The number of fused-ring (bicyclic) bond motifs is 1. The van der Waals surface area contributed by atoms with Gasteiger partial charge in [0.25, 0.3) is 0 Å². The second-order valence-electron chi connectivity index (χ2n) is 5.95. The van der Waals surface area contributed by atoms with Gasteiger partial charge < -0.3 is 14.4 Å². The molecule has 1 aromatic carbocycles. The Morgan fingerprint density at radius 2 is 1.86 bits per heavy atom. The minimum Gasteiger partial charge on any atom is -0.489 e. The third-order valence-corrected chi connectivity index (χ3v) is 3.50. The number of carbonyl (C=O) groups is 1.